The minimum atomic E-state index is -0.358. The maximum absolute atomic E-state index is 13.5. The number of hydrogen-bond acceptors (Lipinski definition) is 5. The SMILES string of the molecule is CCc1nnc(NCc2ccc(OC)c(F)c2)s1. The molecule has 0 amide bonds. The Hall–Kier alpha value is -1.69. The van der Waals surface area contributed by atoms with Gasteiger partial charge in [-0.15, -0.1) is 10.2 Å². The highest BCUT2D eigenvalue weighted by Gasteiger charge is 2.05. The van der Waals surface area contributed by atoms with Gasteiger partial charge in [-0.05, 0) is 24.1 Å². The van der Waals surface area contributed by atoms with Gasteiger partial charge in [-0.25, -0.2) is 4.39 Å². The molecule has 0 aliphatic carbocycles. The second-order valence-electron chi connectivity index (χ2n) is 3.68. The number of benzene rings is 1. The molecule has 4 nitrogen and oxygen atoms in total. The van der Waals surface area contributed by atoms with Gasteiger partial charge in [-0.2, -0.15) is 0 Å². The maximum atomic E-state index is 13.5. The quantitative estimate of drug-likeness (QED) is 0.905. The molecule has 0 spiro atoms. The topological polar surface area (TPSA) is 47.0 Å². The average Bonchev–Trinajstić information content (AvgIpc) is 2.84. The van der Waals surface area contributed by atoms with Gasteiger partial charge in [0.05, 0.1) is 7.11 Å². The van der Waals surface area contributed by atoms with Gasteiger partial charge in [0, 0.05) is 6.54 Å². The van der Waals surface area contributed by atoms with Gasteiger partial charge in [0.1, 0.15) is 5.01 Å². The molecule has 2 rings (SSSR count). The van der Waals surface area contributed by atoms with Crippen LogP contribution in [0.3, 0.4) is 0 Å². The number of hydrogen-bond donors (Lipinski definition) is 1. The number of nitrogens with one attached hydrogen (secondary N) is 1. The highest BCUT2D eigenvalue weighted by molar-refractivity contribution is 7.15. The third-order valence-corrected chi connectivity index (χ3v) is 3.45. The standard InChI is InChI=1S/C12H14FN3OS/c1-3-11-15-16-12(18-11)14-7-8-4-5-10(17-2)9(13)6-8/h4-6H,3,7H2,1-2H3,(H,14,16). The second kappa shape index (κ2) is 5.77. The van der Waals surface area contributed by atoms with Crippen LogP contribution >= 0.6 is 11.3 Å². The zero-order chi connectivity index (χ0) is 13.0. The Kier molecular flexibility index (Phi) is 4.09. The van der Waals surface area contributed by atoms with Crippen molar-refractivity contribution in [3.63, 3.8) is 0 Å². The predicted molar refractivity (Wildman–Crippen MR) is 69.6 cm³/mol. The number of methoxy groups -OCH3 is 1. The van der Waals surface area contributed by atoms with Crippen molar-refractivity contribution < 1.29 is 9.13 Å². The highest BCUT2D eigenvalue weighted by atomic mass is 32.1. The van der Waals surface area contributed by atoms with E-state index in [0.29, 0.717) is 6.54 Å². The molecule has 0 atom stereocenters. The Morgan fingerprint density at radius 2 is 2.22 bits per heavy atom. The third-order valence-electron chi connectivity index (χ3n) is 2.43. The summed E-state index contributed by atoms with van der Waals surface area (Å²) in [5, 5.41) is 12.9. The molecule has 96 valence electrons. The van der Waals surface area contributed by atoms with E-state index in [1.54, 1.807) is 6.07 Å². The number of nitrogens with zero attached hydrogens (tertiary/aromatic N) is 2. The van der Waals surface area contributed by atoms with Crippen molar-refractivity contribution in [2.45, 2.75) is 19.9 Å². The van der Waals surface area contributed by atoms with E-state index in [2.05, 4.69) is 15.5 Å². The predicted octanol–water partition coefficient (Wildman–Crippen LogP) is 2.86. The minimum absolute atomic E-state index is 0.253. The molecule has 0 aliphatic rings. The average molecular weight is 267 g/mol. The molecule has 1 aromatic carbocycles. The van der Waals surface area contributed by atoms with Crippen molar-refractivity contribution in [2.24, 2.45) is 0 Å². The molecule has 0 aliphatic heterocycles. The fourth-order valence-electron chi connectivity index (χ4n) is 1.47. The van der Waals surface area contributed by atoms with Gasteiger partial charge in [0.15, 0.2) is 11.6 Å². The van der Waals surface area contributed by atoms with E-state index in [4.69, 9.17) is 4.74 Å². The summed E-state index contributed by atoms with van der Waals surface area (Å²) >= 11 is 1.51. The first-order valence-corrected chi connectivity index (χ1v) is 6.43. The summed E-state index contributed by atoms with van der Waals surface area (Å²) in [4.78, 5) is 0. The van der Waals surface area contributed by atoms with E-state index in [-0.39, 0.29) is 11.6 Å². The van der Waals surface area contributed by atoms with Crippen molar-refractivity contribution in [2.75, 3.05) is 12.4 Å². The fourth-order valence-corrected chi connectivity index (χ4v) is 2.14. The lowest BCUT2D eigenvalue weighted by atomic mass is 10.2. The van der Waals surface area contributed by atoms with Crippen molar-refractivity contribution in [1.82, 2.24) is 10.2 Å². The van der Waals surface area contributed by atoms with E-state index in [1.807, 2.05) is 13.0 Å². The molecular weight excluding hydrogens is 253 g/mol. The first kappa shape index (κ1) is 12.8. The van der Waals surface area contributed by atoms with Crippen LogP contribution in [-0.4, -0.2) is 17.3 Å². The third kappa shape index (κ3) is 2.95. The smallest absolute Gasteiger partial charge is 0.205 e. The van der Waals surface area contributed by atoms with Gasteiger partial charge in [-0.3, -0.25) is 0 Å². The number of anilines is 1. The molecule has 1 heterocycles. The molecule has 1 aromatic heterocycles. The lowest BCUT2D eigenvalue weighted by molar-refractivity contribution is 0.386. The zero-order valence-corrected chi connectivity index (χ0v) is 11.1. The summed E-state index contributed by atoms with van der Waals surface area (Å²) < 4.78 is 18.3. The largest absolute Gasteiger partial charge is 0.494 e. The van der Waals surface area contributed by atoms with Crippen LogP contribution in [0.1, 0.15) is 17.5 Å². The van der Waals surface area contributed by atoms with Gasteiger partial charge < -0.3 is 10.1 Å². The van der Waals surface area contributed by atoms with E-state index in [0.717, 1.165) is 22.1 Å². The van der Waals surface area contributed by atoms with Gasteiger partial charge >= 0.3 is 0 Å². The number of aromatic nitrogens is 2. The Balaban J connectivity index is 1.99. The molecule has 0 bridgehead atoms. The Morgan fingerprint density at radius 1 is 1.39 bits per heavy atom. The van der Waals surface area contributed by atoms with Crippen LogP contribution < -0.4 is 10.1 Å². The summed E-state index contributed by atoms with van der Waals surface area (Å²) in [6.45, 7) is 2.54. The van der Waals surface area contributed by atoms with Crippen LogP contribution in [-0.2, 0) is 13.0 Å². The molecule has 18 heavy (non-hydrogen) atoms. The normalized spacial score (nSPS) is 10.4. The van der Waals surface area contributed by atoms with Gasteiger partial charge in [0.25, 0.3) is 0 Å². The Labute approximate surface area is 109 Å². The summed E-state index contributed by atoms with van der Waals surface area (Å²) in [5.41, 5.74) is 0.835. The first-order chi connectivity index (χ1) is 8.72. The number of rotatable bonds is 5. The van der Waals surface area contributed by atoms with E-state index in [9.17, 15) is 4.39 Å². The molecular formula is C12H14FN3OS. The van der Waals surface area contributed by atoms with Crippen LogP contribution in [0.5, 0.6) is 5.75 Å². The number of aryl methyl sites for hydroxylation is 1. The van der Waals surface area contributed by atoms with Crippen LogP contribution in [0.2, 0.25) is 0 Å². The Bertz CT molecular complexity index is 530. The zero-order valence-electron chi connectivity index (χ0n) is 10.2. The van der Waals surface area contributed by atoms with Crippen molar-refractivity contribution in [1.29, 1.82) is 0 Å². The van der Waals surface area contributed by atoms with Crippen LogP contribution in [0.15, 0.2) is 18.2 Å². The number of halogens is 1. The maximum Gasteiger partial charge on any atom is 0.205 e. The van der Waals surface area contributed by atoms with Gasteiger partial charge in [-0.1, -0.05) is 24.3 Å². The molecule has 6 heteroatoms. The summed E-state index contributed by atoms with van der Waals surface area (Å²) in [6.07, 6.45) is 0.872. The van der Waals surface area contributed by atoms with Crippen molar-refractivity contribution in [3.05, 3.63) is 34.6 Å². The molecule has 0 unspecified atom stereocenters. The van der Waals surface area contributed by atoms with Crippen molar-refractivity contribution in [3.8, 4) is 5.75 Å². The fraction of sp³-hybridized carbons (Fsp3) is 0.333. The number of ether oxygens (including phenoxy) is 1. The lowest BCUT2D eigenvalue weighted by Crippen LogP contribution is -2.00. The minimum Gasteiger partial charge on any atom is -0.494 e. The second-order valence-corrected chi connectivity index (χ2v) is 4.74. The van der Waals surface area contributed by atoms with Crippen LogP contribution in [0.4, 0.5) is 9.52 Å². The monoisotopic (exact) mass is 267 g/mol. The molecule has 0 fully saturated rings. The summed E-state index contributed by atoms with van der Waals surface area (Å²) in [7, 11) is 1.45. The van der Waals surface area contributed by atoms with E-state index >= 15 is 0 Å². The Morgan fingerprint density at radius 3 is 2.83 bits per heavy atom. The molecule has 0 saturated heterocycles. The first-order valence-electron chi connectivity index (χ1n) is 5.61. The van der Waals surface area contributed by atoms with E-state index < -0.39 is 0 Å². The van der Waals surface area contributed by atoms with Crippen LogP contribution in [0.25, 0.3) is 0 Å². The molecule has 0 saturated carbocycles. The summed E-state index contributed by atoms with van der Waals surface area (Å²) in [6, 6.07) is 4.88. The summed E-state index contributed by atoms with van der Waals surface area (Å²) in [5.74, 6) is -0.105. The van der Waals surface area contributed by atoms with E-state index in [1.165, 1.54) is 24.5 Å². The molecule has 2 aromatic rings. The molecule has 1 N–H and O–H groups in total. The van der Waals surface area contributed by atoms with Crippen molar-refractivity contribution >= 4 is 16.5 Å². The van der Waals surface area contributed by atoms with Gasteiger partial charge in [0.2, 0.25) is 5.13 Å². The molecule has 0 radical (unpaired) electrons. The lowest BCUT2D eigenvalue weighted by Gasteiger charge is -2.05. The van der Waals surface area contributed by atoms with Crippen LogP contribution in [0, 0.1) is 5.82 Å². The highest BCUT2D eigenvalue weighted by Crippen LogP contribution is 2.20.